The minimum absolute atomic E-state index is 1.25. The Morgan fingerprint density at radius 2 is 0.614 bits per heavy atom. The average Bonchev–Trinajstić information content (AvgIpc) is 3.60. The fraction of sp³-hybridized carbons (Fsp3) is 0. The summed E-state index contributed by atoms with van der Waals surface area (Å²) >= 11 is 3.87. The number of fused-ring (bicyclic) bond motifs is 9. The smallest absolute Gasteiger partial charge is 0.0542 e. The molecule has 0 aliphatic carbocycles. The molecule has 2 aromatic heterocycles. The highest BCUT2D eigenvalue weighted by Crippen LogP contribution is 2.46. The van der Waals surface area contributed by atoms with Crippen molar-refractivity contribution in [1.29, 1.82) is 0 Å². The van der Waals surface area contributed by atoms with Gasteiger partial charge in [0.15, 0.2) is 0 Å². The molecule has 2 heteroatoms. The van der Waals surface area contributed by atoms with Gasteiger partial charge in [0.25, 0.3) is 0 Å². The predicted molar refractivity (Wildman–Crippen MR) is 196 cm³/mol. The monoisotopic (exact) mass is 592 g/mol. The van der Waals surface area contributed by atoms with E-state index in [2.05, 4.69) is 146 Å². The van der Waals surface area contributed by atoms with E-state index in [1.165, 1.54) is 94.9 Å². The normalized spacial score (nSPS) is 12.1. The van der Waals surface area contributed by atoms with Crippen LogP contribution in [0.25, 0.3) is 94.9 Å². The van der Waals surface area contributed by atoms with Gasteiger partial charge in [-0.05, 0) is 114 Å². The first-order valence-electron chi connectivity index (χ1n) is 15.0. The third-order valence-electron chi connectivity index (χ3n) is 9.16. The molecule has 8 aromatic carbocycles. The van der Waals surface area contributed by atoms with Crippen LogP contribution < -0.4 is 0 Å². The van der Waals surface area contributed by atoms with Crippen LogP contribution in [0.3, 0.4) is 0 Å². The van der Waals surface area contributed by atoms with Gasteiger partial charge in [0, 0.05) is 20.2 Å². The summed E-state index contributed by atoms with van der Waals surface area (Å²) < 4.78 is 5.57. The number of hydrogen-bond acceptors (Lipinski definition) is 2. The zero-order valence-electron chi connectivity index (χ0n) is 23.7. The van der Waals surface area contributed by atoms with Crippen LogP contribution in [0.1, 0.15) is 0 Å². The molecule has 0 nitrogen and oxygen atoms in total. The van der Waals surface area contributed by atoms with Crippen molar-refractivity contribution in [2.24, 2.45) is 0 Å². The first-order chi connectivity index (χ1) is 21.7. The summed E-state index contributed by atoms with van der Waals surface area (Å²) in [5.41, 5.74) is 5.01. The highest BCUT2D eigenvalue weighted by atomic mass is 32.1. The zero-order chi connectivity index (χ0) is 28.8. The second-order valence-corrected chi connectivity index (χ2v) is 13.9. The summed E-state index contributed by atoms with van der Waals surface area (Å²) in [7, 11) is 0. The minimum Gasteiger partial charge on any atom is -0.134 e. The van der Waals surface area contributed by atoms with Gasteiger partial charge in [0.2, 0.25) is 0 Å². The number of rotatable bonds is 2. The van der Waals surface area contributed by atoms with E-state index in [1.54, 1.807) is 0 Å². The van der Waals surface area contributed by atoms with Gasteiger partial charge in [-0.25, -0.2) is 0 Å². The Hall–Kier alpha value is -5.02. The highest BCUT2D eigenvalue weighted by Gasteiger charge is 2.14. The van der Waals surface area contributed by atoms with Crippen LogP contribution in [0.4, 0.5) is 0 Å². The van der Waals surface area contributed by atoms with Crippen molar-refractivity contribution in [2.75, 3.05) is 0 Å². The Balaban J connectivity index is 1.06. The third kappa shape index (κ3) is 3.75. The topological polar surface area (TPSA) is 0 Å². The van der Waals surface area contributed by atoms with Crippen LogP contribution in [0.5, 0.6) is 0 Å². The molecule has 0 N–H and O–H groups in total. The van der Waals surface area contributed by atoms with Crippen molar-refractivity contribution in [3.8, 4) is 22.3 Å². The van der Waals surface area contributed by atoms with E-state index in [4.69, 9.17) is 0 Å². The number of hydrogen-bond donors (Lipinski definition) is 0. The van der Waals surface area contributed by atoms with Crippen molar-refractivity contribution in [3.63, 3.8) is 0 Å². The van der Waals surface area contributed by atoms with Crippen LogP contribution in [-0.4, -0.2) is 0 Å². The lowest BCUT2D eigenvalue weighted by molar-refractivity contribution is 1.66. The molecule has 0 atom stereocenters. The lowest BCUT2D eigenvalue weighted by Crippen LogP contribution is -1.83. The van der Waals surface area contributed by atoms with E-state index < -0.39 is 0 Å². The minimum atomic E-state index is 1.25. The SMILES string of the molecule is c1ccc2cc(-c3ccc4cc(-c5ccc6cc7sc8c9cc%10ccccc%10cc9sc8c7cc6c5)ccc4c3)ccc2c1. The lowest BCUT2D eigenvalue weighted by Gasteiger charge is -2.09. The van der Waals surface area contributed by atoms with Crippen LogP contribution in [0, 0.1) is 0 Å². The van der Waals surface area contributed by atoms with Crippen LogP contribution in [0.2, 0.25) is 0 Å². The number of thiophene rings is 2. The Morgan fingerprint density at radius 3 is 1.14 bits per heavy atom. The lowest BCUT2D eigenvalue weighted by atomic mass is 9.95. The molecule has 0 amide bonds. The molecule has 0 bridgehead atoms. The first kappa shape index (κ1) is 24.4. The van der Waals surface area contributed by atoms with E-state index in [9.17, 15) is 0 Å². The summed E-state index contributed by atoms with van der Waals surface area (Å²) in [6.45, 7) is 0. The number of benzene rings is 8. The molecule has 0 fully saturated rings. The van der Waals surface area contributed by atoms with Crippen LogP contribution >= 0.6 is 22.7 Å². The van der Waals surface area contributed by atoms with E-state index in [0.29, 0.717) is 0 Å². The molecule has 0 spiro atoms. The first-order valence-corrected chi connectivity index (χ1v) is 16.6. The Morgan fingerprint density at radius 1 is 0.273 bits per heavy atom. The molecule has 0 saturated carbocycles. The van der Waals surface area contributed by atoms with Gasteiger partial charge in [-0.3, -0.25) is 0 Å². The van der Waals surface area contributed by atoms with Gasteiger partial charge in [0.1, 0.15) is 0 Å². The summed E-state index contributed by atoms with van der Waals surface area (Å²) in [5, 5.41) is 13.1. The molecule has 204 valence electrons. The maximum Gasteiger partial charge on any atom is 0.0542 e. The molecule has 0 aliphatic heterocycles. The molecule has 0 unspecified atom stereocenters. The van der Waals surface area contributed by atoms with Crippen LogP contribution in [-0.2, 0) is 0 Å². The Kier molecular flexibility index (Phi) is 5.13. The van der Waals surface area contributed by atoms with Gasteiger partial charge in [-0.2, -0.15) is 0 Å². The molecule has 0 saturated heterocycles. The third-order valence-corrected chi connectivity index (χ3v) is 11.7. The highest BCUT2D eigenvalue weighted by molar-refractivity contribution is 7.36. The van der Waals surface area contributed by atoms with Crippen molar-refractivity contribution < 1.29 is 0 Å². The summed E-state index contributed by atoms with van der Waals surface area (Å²) in [6.07, 6.45) is 0. The van der Waals surface area contributed by atoms with E-state index in [-0.39, 0.29) is 0 Å². The molecule has 10 rings (SSSR count). The Bertz CT molecular complexity index is 2780. The fourth-order valence-corrected chi connectivity index (χ4v) is 9.54. The largest absolute Gasteiger partial charge is 0.134 e. The van der Waals surface area contributed by atoms with E-state index in [0.717, 1.165) is 0 Å². The van der Waals surface area contributed by atoms with Gasteiger partial charge < -0.3 is 0 Å². The van der Waals surface area contributed by atoms with Crippen LogP contribution in [0.15, 0.2) is 146 Å². The maximum absolute atomic E-state index is 2.42. The summed E-state index contributed by atoms with van der Waals surface area (Å²) in [5.74, 6) is 0. The molecule has 44 heavy (non-hydrogen) atoms. The van der Waals surface area contributed by atoms with Crippen molar-refractivity contribution in [3.05, 3.63) is 146 Å². The predicted octanol–water partition coefficient (Wildman–Crippen LogP) is 13.2. The fourth-order valence-electron chi connectivity index (χ4n) is 6.84. The molecule has 10 aromatic rings. The van der Waals surface area contributed by atoms with Crippen molar-refractivity contribution >= 4 is 95.3 Å². The summed E-state index contributed by atoms with van der Waals surface area (Å²) in [6, 6.07) is 54.2. The zero-order valence-corrected chi connectivity index (χ0v) is 25.3. The van der Waals surface area contributed by atoms with Gasteiger partial charge >= 0.3 is 0 Å². The summed E-state index contributed by atoms with van der Waals surface area (Å²) in [4.78, 5) is 0. The molecular formula is C42H24S2. The average molecular weight is 593 g/mol. The molecule has 2 heterocycles. The molecule has 0 radical (unpaired) electrons. The van der Waals surface area contributed by atoms with Gasteiger partial charge in [-0.1, -0.05) is 97.1 Å². The second-order valence-electron chi connectivity index (χ2n) is 11.8. The molecule has 0 aliphatic rings. The quantitative estimate of drug-likeness (QED) is 0.187. The van der Waals surface area contributed by atoms with E-state index in [1.807, 2.05) is 22.7 Å². The molecular weight excluding hydrogens is 569 g/mol. The van der Waals surface area contributed by atoms with Gasteiger partial charge in [0.05, 0.1) is 9.40 Å². The standard InChI is InChI=1S/C42H24S2/c1-2-6-26-17-29(10-9-25(26)5-1)30-11-12-32-19-33(14-13-31(32)18-30)34-15-16-35-24-40-38(22-36(35)20-34)42-41(44-40)37-21-27-7-3-4-8-28(27)23-39(37)43-42/h1-24H. The Labute approximate surface area is 262 Å². The maximum atomic E-state index is 2.42. The van der Waals surface area contributed by atoms with Gasteiger partial charge in [-0.15, -0.1) is 22.7 Å². The second kappa shape index (κ2) is 9.24. The van der Waals surface area contributed by atoms with E-state index >= 15 is 0 Å². The van der Waals surface area contributed by atoms with Crippen molar-refractivity contribution in [2.45, 2.75) is 0 Å². The van der Waals surface area contributed by atoms with Crippen molar-refractivity contribution in [1.82, 2.24) is 0 Å².